The zero-order valence-electron chi connectivity index (χ0n) is 20.0. The van der Waals surface area contributed by atoms with Crippen molar-refractivity contribution >= 4 is 22.5 Å². The van der Waals surface area contributed by atoms with E-state index in [1.54, 1.807) is 5.48 Å². The van der Waals surface area contributed by atoms with E-state index in [1.807, 2.05) is 56.4 Å². The third kappa shape index (κ3) is 4.86. The first kappa shape index (κ1) is 23.3. The van der Waals surface area contributed by atoms with E-state index in [1.165, 1.54) is 0 Å². The maximum Gasteiger partial charge on any atom is 0.243 e. The van der Waals surface area contributed by atoms with Crippen LogP contribution in [0.5, 0.6) is 5.75 Å². The maximum atomic E-state index is 11.9. The monoisotopic (exact) mass is 474 g/mol. The molecule has 1 spiro atoms. The van der Waals surface area contributed by atoms with Crippen LogP contribution in [0.1, 0.15) is 29.7 Å². The van der Waals surface area contributed by atoms with Gasteiger partial charge in [-0.25, -0.2) is 5.48 Å². The van der Waals surface area contributed by atoms with Gasteiger partial charge >= 0.3 is 0 Å². The fourth-order valence-electron chi connectivity index (χ4n) is 5.02. The Bertz CT molecular complexity index is 1260. The highest BCUT2D eigenvalue weighted by atomic mass is 16.7. The first-order valence-electron chi connectivity index (χ1n) is 11.8. The second-order valence-corrected chi connectivity index (χ2v) is 9.42. The van der Waals surface area contributed by atoms with Gasteiger partial charge in [-0.1, -0.05) is 18.2 Å². The predicted octanol–water partition coefficient (Wildman–Crippen LogP) is 3.58. The van der Waals surface area contributed by atoms with Gasteiger partial charge in [0.1, 0.15) is 18.0 Å². The highest BCUT2D eigenvalue weighted by molar-refractivity contribution is 5.82. The first-order chi connectivity index (χ1) is 17.0. The summed E-state index contributed by atoms with van der Waals surface area (Å²) >= 11 is 0. The fraction of sp³-hybridized carbons (Fsp3) is 0.333. The second-order valence-electron chi connectivity index (χ2n) is 9.42. The second kappa shape index (κ2) is 9.65. The van der Waals surface area contributed by atoms with E-state index in [0.29, 0.717) is 13.2 Å². The molecule has 0 saturated carbocycles. The molecule has 1 fully saturated rings. The van der Waals surface area contributed by atoms with Crippen LogP contribution in [0.15, 0.2) is 60.7 Å². The number of likely N-dealkylation sites (tertiary alicyclic amines) is 1. The van der Waals surface area contributed by atoms with Gasteiger partial charge < -0.3 is 9.64 Å². The molecule has 2 aliphatic rings. The summed E-state index contributed by atoms with van der Waals surface area (Å²) in [6, 6.07) is 18.0. The molecule has 2 atom stereocenters. The SMILES string of the molecule is Cc1cc(COc2ccc(C3=CC4(CCN(C)CC4CC(=O)NO)ON3)cc2)c2ccccc2n1. The van der Waals surface area contributed by atoms with Gasteiger partial charge in [0.2, 0.25) is 5.91 Å². The molecule has 0 bridgehead atoms. The molecule has 8 nitrogen and oxygen atoms in total. The minimum Gasteiger partial charge on any atom is -0.489 e. The lowest BCUT2D eigenvalue weighted by atomic mass is 9.78. The molecule has 3 aromatic rings. The number of ether oxygens (including phenoxy) is 1. The standard InChI is InChI=1S/C27H30N4O4/c1-18-13-20(23-5-3-4-6-24(23)28-18)17-34-22-9-7-19(8-10-22)25-15-27(35-30-25)11-12-31(2)16-21(27)14-26(32)29-33/h3-10,13,15,21,30,33H,11-12,14,16-17H2,1-2H3,(H,29,32). The number of rotatable bonds is 6. The molecule has 5 rings (SSSR count). The van der Waals surface area contributed by atoms with Gasteiger partial charge in [-0.05, 0) is 68.4 Å². The van der Waals surface area contributed by atoms with Crippen LogP contribution in [0, 0.1) is 12.8 Å². The Kier molecular flexibility index (Phi) is 6.42. The third-order valence-electron chi connectivity index (χ3n) is 6.89. The van der Waals surface area contributed by atoms with E-state index in [9.17, 15) is 4.79 Å². The molecule has 0 aliphatic carbocycles. The zero-order valence-corrected chi connectivity index (χ0v) is 20.0. The number of carbonyl (C=O) groups is 1. The number of para-hydroxylation sites is 1. The van der Waals surface area contributed by atoms with Crippen molar-refractivity contribution in [1.29, 1.82) is 0 Å². The summed E-state index contributed by atoms with van der Waals surface area (Å²) in [6.07, 6.45) is 3.02. The molecule has 8 heteroatoms. The van der Waals surface area contributed by atoms with Crippen molar-refractivity contribution in [2.24, 2.45) is 5.92 Å². The van der Waals surface area contributed by atoms with Crippen molar-refractivity contribution in [3.8, 4) is 5.75 Å². The molecule has 3 heterocycles. The Hall–Kier alpha value is -3.46. The molecular weight excluding hydrogens is 444 g/mol. The number of fused-ring (bicyclic) bond motifs is 1. The van der Waals surface area contributed by atoms with Crippen LogP contribution in [0.3, 0.4) is 0 Å². The number of hydrogen-bond donors (Lipinski definition) is 3. The summed E-state index contributed by atoms with van der Waals surface area (Å²) in [4.78, 5) is 24.7. The topological polar surface area (TPSA) is 96.0 Å². The number of carbonyl (C=O) groups excluding carboxylic acids is 1. The van der Waals surface area contributed by atoms with E-state index < -0.39 is 11.5 Å². The van der Waals surface area contributed by atoms with Crippen LogP contribution in [0.2, 0.25) is 0 Å². The van der Waals surface area contributed by atoms with Crippen LogP contribution in [-0.4, -0.2) is 46.7 Å². The highest BCUT2D eigenvalue weighted by Crippen LogP contribution is 2.40. The van der Waals surface area contributed by atoms with E-state index in [-0.39, 0.29) is 12.3 Å². The predicted molar refractivity (Wildman–Crippen MR) is 132 cm³/mol. The van der Waals surface area contributed by atoms with Crippen molar-refractivity contribution < 1.29 is 19.6 Å². The van der Waals surface area contributed by atoms with Crippen LogP contribution in [0.25, 0.3) is 16.6 Å². The highest BCUT2D eigenvalue weighted by Gasteiger charge is 2.46. The van der Waals surface area contributed by atoms with Crippen molar-refractivity contribution in [2.45, 2.75) is 32.0 Å². The van der Waals surface area contributed by atoms with Gasteiger partial charge in [0.15, 0.2) is 0 Å². The lowest BCUT2D eigenvalue weighted by Gasteiger charge is -2.41. The molecule has 2 aliphatic heterocycles. The van der Waals surface area contributed by atoms with Crippen LogP contribution in [0.4, 0.5) is 0 Å². The summed E-state index contributed by atoms with van der Waals surface area (Å²) in [5, 5.41) is 10.1. The van der Waals surface area contributed by atoms with Crippen molar-refractivity contribution in [3.05, 3.63) is 77.5 Å². The number of pyridine rings is 1. The lowest BCUT2D eigenvalue weighted by Crippen LogP contribution is -2.52. The smallest absolute Gasteiger partial charge is 0.243 e. The number of aromatic nitrogens is 1. The van der Waals surface area contributed by atoms with Gasteiger partial charge in [-0.15, -0.1) is 0 Å². The molecule has 1 aromatic heterocycles. The number of hydrogen-bond acceptors (Lipinski definition) is 7. The van der Waals surface area contributed by atoms with E-state index in [2.05, 4.69) is 33.6 Å². The largest absolute Gasteiger partial charge is 0.489 e. The molecule has 3 N–H and O–H groups in total. The van der Waals surface area contributed by atoms with Gasteiger partial charge in [-0.2, -0.15) is 0 Å². The van der Waals surface area contributed by atoms with E-state index in [4.69, 9.17) is 14.8 Å². The van der Waals surface area contributed by atoms with Gasteiger partial charge in [0.05, 0.1) is 11.2 Å². The Labute approximate surface area is 204 Å². The molecule has 182 valence electrons. The Morgan fingerprint density at radius 2 is 2.09 bits per heavy atom. The zero-order chi connectivity index (χ0) is 24.4. The van der Waals surface area contributed by atoms with Crippen LogP contribution < -0.4 is 15.7 Å². The fourth-order valence-corrected chi connectivity index (χ4v) is 5.02. The first-order valence-corrected chi connectivity index (χ1v) is 11.8. The van der Waals surface area contributed by atoms with Crippen LogP contribution in [-0.2, 0) is 16.2 Å². The number of nitrogens with zero attached hydrogens (tertiary/aromatic N) is 2. The average molecular weight is 475 g/mol. The maximum absolute atomic E-state index is 11.9. The number of hydroxylamine groups is 2. The number of amides is 1. The number of nitrogens with one attached hydrogen (secondary N) is 2. The molecule has 35 heavy (non-hydrogen) atoms. The van der Waals surface area contributed by atoms with Gasteiger partial charge in [0, 0.05) is 42.1 Å². The minimum absolute atomic E-state index is 0.0837. The molecule has 2 unspecified atom stereocenters. The molecule has 0 radical (unpaired) electrons. The van der Waals surface area contributed by atoms with Crippen LogP contribution >= 0.6 is 0 Å². The summed E-state index contributed by atoms with van der Waals surface area (Å²) in [7, 11) is 2.03. The van der Waals surface area contributed by atoms with Crippen molar-refractivity contribution in [2.75, 3.05) is 20.1 Å². The number of aryl methyl sites for hydroxylation is 1. The Morgan fingerprint density at radius 1 is 1.29 bits per heavy atom. The lowest BCUT2D eigenvalue weighted by molar-refractivity contribution is -0.139. The van der Waals surface area contributed by atoms with E-state index >= 15 is 0 Å². The minimum atomic E-state index is -0.593. The summed E-state index contributed by atoms with van der Waals surface area (Å²) < 4.78 is 6.10. The summed E-state index contributed by atoms with van der Waals surface area (Å²) in [5.74, 6) is 0.284. The third-order valence-corrected chi connectivity index (χ3v) is 6.89. The number of piperidine rings is 1. The van der Waals surface area contributed by atoms with Crippen molar-refractivity contribution in [1.82, 2.24) is 20.8 Å². The molecule has 2 aromatic carbocycles. The number of benzene rings is 2. The van der Waals surface area contributed by atoms with E-state index in [0.717, 1.165) is 52.1 Å². The quantitative estimate of drug-likeness (QED) is 0.371. The summed E-state index contributed by atoms with van der Waals surface area (Å²) in [5.41, 5.74) is 9.11. The Morgan fingerprint density at radius 3 is 2.89 bits per heavy atom. The van der Waals surface area contributed by atoms with Crippen molar-refractivity contribution in [3.63, 3.8) is 0 Å². The molecule has 1 saturated heterocycles. The van der Waals surface area contributed by atoms with Gasteiger partial charge in [-0.3, -0.25) is 25.3 Å². The average Bonchev–Trinajstić information content (AvgIpc) is 3.30. The molecule has 1 amide bonds. The molecular formula is C27H30N4O4. The summed E-state index contributed by atoms with van der Waals surface area (Å²) in [6.45, 7) is 4.01. The normalized spacial score (nSPS) is 22.1. The van der Waals surface area contributed by atoms with Gasteiger partial charge in [0.25, 0.3) is 0 Å². The Balaban J connectivity index is 1.30.